The fraction of sp³-hybridized carbons (Fsp3) is 0.344. The monoisotopic (exact) mass is 581 g/mol. The van der Waals surface area contributed by atoms with Crippen molar-refractivity contribution < 1.29 is 20.8 Å². The summed E-state index contributed by atoms with van der Waals surface area (Å²) in [7, 11) is 9.87. The molecule has 0 radical (unpaired) electrons. The number of rotatable bonds is 3. The van der Waals surface area contributed by atoms with Gasteiger partial charge in [0.1, 0.15) is 0 Å². The predicted octanol–water partition coefficient (Wildman–Crippen LogP) is 11.0. The number of benzene rings is 3. The van der Waals surface area contributed by atoms with E-state index in [2.05, 4.69) is 128 Å². The summed E-state index contributed by atoms with van der Waals surface area (Å²) >= 11 is -0.826. The van der Waals surface area contributed by atoms with Crippen LogP contribution in [0.4, 0.5) is 0 Å². The molecular weight excluding hydrogens is 546 g/mol. The van der Waals surface area contributed by atoms with Crippen LogP contribution in [0.5, 0.6) is 0 Å². The van der Waals surface area contributed by atoms with E-state index in [-0.39, 0.29) is 10.8 Å². The van der Waals surface area contributed by atoms with Gasteiger partial charge in [-0.1, -0.05) is 116 Å². The van der Waals surface area contributed by atoms with Crippen molar-refractivity contribution >= 4 is 27.8 Å². The van der Waals surface area contributed by atoms with E-state index in [4.69, 9.17) is 17.0 Å². The Morgan fingerprint density at radius 2 is 1.26 bits per heavy atom. The van der Waals surface area contributed by atoms with Crippen LogP contribution in [0.25, 0.3) is 33.0 Å². The molecule has 4 rings (SSSR count). The van der Waals surface area contributed by atoms with E-state index in [9.17, 15) is 0 Å². The molecule has 35 heavy (non-hydrogen) atoms. The van der Waals surface area contributed by atoms with Crippen LogP contribution in [-0.2, 0) is 31.7 Å². The number of hydrogen-bond acceptors (Lipinski definition) is 0. The summed E-state index contributed by atoms with van der Waals surface area (Å²) in [6.45, 7) is 18.5. The average Bonchev–Trinajstić information content (AvgIpc) is 3.23. The maximum atomic E-state index is 4.93. The maximum absolute atomic E-state index is 4.93. The van der Waals surface area contributed by atoms with Crippen molar-refractivity contribution in [2.24, 2.45) is 0 Å². The van der Waals surface area contributed by atoms with Gasteiger partial charge in [-0.15, -0.1) is 28.5 Å². The van der Waals surface area contributed by atoms with E-state index in [1.807, 2.05) is 0 Å². The van der Waals surface area contributed by atoms with Gasteiger partial charge in [-0.05, 0) is 44.6 Å². The third kappa shape index (κ3) is 6.74. The molecule has 0 N–H and O–H groups in total. The van der Waals surface area contributed by atoms with E-state index in [1.54, 1.807) is 0 Å². The SMILES string of the molecule is CC(C)c1cc2c(-c3cc(C(C)(C)C)cc(C(C)(C)C)c3)c(-c3ccccc3)ccc2[cH-]1.[Cl][Zr][Cl]. The molecule has 0 unspecified atom stereocenters. The van der Waals surface area contributed by atoms with Gasteiger partial charge in [-0.25, -0.2) is 0 Å². The summed E-state index contributed by atoms with van der Waals surface area (Å²) in [5.41, 5.74) is 9.65. The Balaban J connectivity index is 0.00000108. The molecule has 0 atom stereocenters. The van der Waals surface area contributed by atoms with E-state index >= 15 is 0 Å². The second kappa shape index (κ2) is 11.4. The van der Waals surface area contributed by atoms with E-state index < -0.39 is 20.8 Å². The molecule has 0 amide bonds. The van der Waals surface area contributed by atoms with Gasteiger partial charge < -0.3 is 0 Å². The molecule has 184 valence electrons. The van der Waals surface area contributed by atoms with Gasteiger partial charge in [0, 0.05) is 0 Å². The molecule has 0 aromatic heterocycles. The van der Waals surface area contributed by atoms with Crippen molar-refractivity contribution in [2.45, 2.75) is 72.1 Å². The molecule has 4 aromatic carbocycles. The molecule has 0 aliphatic rings. The molecule has 0 fully saturated rings. The van der Waals surface area contributed by atoms with Gasteiger partial charge in [-0.3, -0.25) is 0 Å². The van der Waals surface area contributed by atoms with Crippen molar-refractivity contribution in [3.63, 3.8) is 0 Å². The third-order valence-corrected chi connectivity index (χ3v) is 6.62. The fourth-order valence-electron chi connectivity index (χ4n) is 4.45. The molecule has 0 aliphatic carbocycles. The quantitative estimate of drug-likeness (QED) is 0.211. The minimum absolute atomic E-state index is 0.0892. The second-order valence-electron chi connectivity index (χ2n) is 11.7. The zero-order chi connectivity index (χ0) is 26.0. The summed E-state index contributed by atoms with van der Waals surface area (Å²) in [4.78, 5) is 0. The summed E-state index contributed by atoms with van der Waals surface area (Å²) in [5.74, 6) is 0.515. The Labute approximate surface area is 231 Å². The van der Waals surface area contributed by atoms with E-state index in [0.717, 1.165) is 0 Å². The van der Waals surface area contributed by atoms with Gasteiger partial charge in [0.05, 0.1) is 0 Å². The molecule has 0 spiro atoms. The number of fused-ring (bicyclic) bond motifs is 1. The standard InChI is InChI=1S/C32H37.2ClH.Zr/c1-21(2)24-16-23-14-15-28(22-12-10-9-11-13-22)30(29(23)19-24)25-17-26(31(3,4)5)20-27(18-25)32(6,7)8;;;/h9-21H,1-8H3;2*1H;/q-1;;;+2/p-2. The van der Waals surface area contributed by atoms with Crippen LogP contribution in [0.15, 0.2) is 72.8 Å². The summed E-state index contributed by atoms with van der Waals surface area (Å²) < 4.78 is 0. The molecule has 0 bridgehead atoms. The minimum atomic E-state index is -0.826. The van der Waals surface area contributed by atoms with E-state index in [1.165, 1.54) is 49.7 Å². The predicted molar refractivity (Wildman–Crippen MR) is 154 cm³/mol. The van der Waals surface area contributed by atoms with Crippen molar-refractivity contribution in [1.29, 1.82) is 0 Å². The molecule has 0 saturated carbocycles. The Kier molecular flexibility index (Phi) is 9.23. The first-order valence-electron chi connectivity index (χ1n) is 12.3. The average molecular weight is 584 g/mol. The summed E-state index contributed by atoms with van der Waals surface area (Å²) in [6, 6.07) is 27.5. The van der Waals surface area contributed by atoms with Crippen LogP contribution in [0.1, 0.15) is 78.0 Å². The topological polar surface area (TPSA) is 0 Å². The fourth-order valence-corrected chi connectivity index (χ4v) is 4.45. The first kappa shape index (κ1) is 28.3. The first-order chi connectivity index (χ1) is 16.4. The van der Waals surface area contributed by atoms with Crippen LogP contribution < -0.4 is 0 Å². The van der Waals surface area contributed by atoms with Crippen molar-refractivity contribution in [2.75, 3.05) is 0 Å². The zero-order valence-corrected chi connectivity index (χ0v) is 26.2. The molecule has 0 nitrogen and oxygen atoms in total. The van der Waals surface area contributed by atoms with Crippen LogP contribution in [-0.4, -0.2) is 0 Å². The number of halogens is 2. The zero-order valence-electron chi connectivity index (χ0n) is 22.3. The molecule has 0 heterocycles. The summed E-state index contributed by atoms with van der Waals surface area (Å²) in [5, 5.41) is 2.70. The van der Waals surface area contributed by atoms with Crippen molar-refractivity contribution in [3.8, 4) is 22.3 Å². The molecule has 4 aromatic rings. The van der Waals surface area contributed by atoms with E-state index in [0.29, 0.717) is 5.92 Å². The molecule has 0 aliphatic heterocycles. The van der Waals surface area contributed by atoms with Gasteiger partial charge >= 0.3 is 37.9 Å². The van der Waals surface area contributed by atoms with Crippen molar-refractivity contribution in [3.05, 3.63) is 89.5 Å². The molecule has 0 saturated heterocycles. The Morgan fingerprint density at radius 1 is 0.714 bits per heavy atom. The van der Waals surface area contributed by atoms with Gasteiger partial charge in [0.25, 0.3) is 0 Å². The Hall–Kier alpha value is -1.27. The van der Waals surface area contributed by atoms with Gasteiger partial charge in [0.2, 0.25) is 0 Å². The van der Waals surface area contributed by atoms with Crippen LogP contribution >= 0.6 is 17.0 Å². The summed E-state index contributed by atoms with van der Waals surface area (Å²) in [6.07, 6.45) is 0. The first-order valence-corrected chi connectivity index (χ1v) is 18.6. The Bertz CT molecular complexity index is 1240. The molecular formula is C32H37Cl2Zr-. The van der Waals surface area contributed by atoms with Gasteiger partial charge in [-0.2, -0.15) is 6.07 Å². The van der Waals surface area contributed by atoms with Crippen LogP contribution in [0.3, 0.4) is 0 Å². The second-order valence-corrected chi connectivity index (χ2v) is 15.4. The van der Waals surface area contributed by atoms with Crippen molar-refractivity contribution in [1.82, 2.24) is 0 Å². The normalized spacial score (nSPS) is 12.0. The number of hydrogen-bond donors (Lipinski definition) is 0. The van der Waals surface area contributed by atoms with Crippen LogP contribution in [0, 0.1) is 0 Å². The van der Waals surface area contributed by atoms with Gasteiger partial charge in [0.15, 0.2) is 0 Å². The van der Waals surface area contributed by atoms with Crippen LogP contribution in [0.2, 0.25) is 0 Å². The molecule has 3 heteroatoms. The third-order valence-electron chi connectivity index (χ3n) is 6.62. The Morgan fingerprint density at radius 3 is 1.74 bits per heavy atom.